The van der Waals surface area contributed by atoms with Crippen LogP contribution in [0.25, 0.3) is 0 Å². The van der Waals surface area contributed by atoms with Crippen LogP contribution in [0.3, 0.4) is 0 Å². The standard InChI is InChI=1S/C28H39F5/c1-2-3-4-5-6-7-20-10-14-23(15-11-20)24-16-12-21(13-17-24)8-9-22-18-25(29)27(26(30)19-22)28(31,32)33/h2-3,18-21,23-24H,4-17H2,1H3/b3-2+/t20-,21-,23-,24-. The largest absolute Gasteiger partial charge is 0.422 e. The maximum atomic E-state index is 13.8. The molecule has 0 bridgehead atoms. The van der Waals surface area contributed by atoms with Crippen LogP contribution in [0.15, 0.2) is 24.3 Å². The lowest BCUT2D eigenvalue weighted by Gasteiger charge is -2.38. The Morgan fingerprint density at radius 1 is 0.788 bits per heavy atom. The quantitative estimate of drug-likeness (QED) is 0.191. The van der Waals surface area contributed by atoms with Crippen LogP contribution in [0.2, 0.25) is 0 Å². The highest BCUT2D eigenvalue weighted by molar-refractivity contribution is 5.28. The highest BCUT2D eigenvalue weighted by Crippen LogP contribution is 2.43. The van der Waals surface area contributed by atoms with Crippen molar-refractivity contribution in [3.05, 3.63) is 47.0 Å². The highest BCUT2D eigenvalue weighted by atomic mass is 19.4. The Morgan fingerprint density at radius 2 is 1.30 bits per heavy atom. The van der Waals surface area contributed by atoms with Gasteiger partial charge in [0, 0.05) is 0 Å². The molecule has 0 atom stereocenters. The van der Waals surface area contributed by atoms with Gasteiger partial charge in [0.15, 0.2) is 0 Å². The molecule has 0 saturated heterocycles. The molecule has 0 N–H and O–H groups in total. The molecule has 0 nitrogen and oxygen atoms in total. The minimum Gasteiger partial charge on any atom is -0.206 e. The van der Waals surface area contributed by atoms with Crippen LogP contribution >= 0.6 is 0 Å². The monoisotopic (exact) mass is 470 g/mol. The molecule has 0 amide bonds. The van der Waals surface area contributed by atoms with Gasteiger partial charge in [-0.2, -0.15) is 13.2 Å². The van der Waals surface area contributed by atoms with Crippen molar-refractivity contribution in [2.45, 2.75) is 103 Å². The van der Waals surface area contributed by atoms with E-state index in [1.807, 2.05) is 0 Å². The number of aryl methyl sites for hydroxylation is 1. The lowest BCUT2D eigenvalue weighted by molar-refractivity contribution is -0.142. The van der Waals surface area contributed by atoms with Gasteiger partial charge in [0.2, 0.25) is 0 Å². The Morgan fingerprint density at radius 3 is 1.79 bits per heavy atom. The van der Waals surface area contributed by atoms with Gasteiger partial charge in [-0.05, 0) is 99.7 Å². The summed E-state index contributed by atoms with van der Waals surface area (Å²) in [4.78, 5) is 0. The van der Waals surface area contributed by atoms with Crippen LogP contribution < -0.4 is 0 Å². The Hall–Kier alpha value is -1.39. The molecule has 0 aliphatic heterocycles. The van der Waals surface area contributed by atoms with Crippen molar-refractivity contribution in [2.75, 3.05) is 0 Å². The van der Waals surface area contributed by atoms with Gasteiger partial charge in [-0.15, -0.1) is 0 Å². The number of alkyl halides is 3. The maximum absolute atomic E-state index is 13.8. The van der Waals surface area contributed by atoms with Crippen molar-refractivity contribution < 1.29 is 22.0 Å². The minimum atomic E-state index is -5.00. The molecule has 2 aliphatic rings. The lowest BCUT2D eigenvalue weighted by Crippen LogP contribution is -2.26. The third-order valence-electron chi connectivity index (χ3n) is 8.14. The average molecular weight is 471 g/mol. The predicted molar refractivity (Wildman–Crippen MR) is 124 cm³/mol. The van der Waals surface area contributed by atoms with Crippen molar-refractivity contribution in [1.82, 2.24) is 0 Å². The van der Waals surface area contributed by atoms with Gasteiger partial charge in [-0.25, -0.2) is 8.78 Å². The molecule has 2 aliphatic carbocycles. The molecule has 5 heteroatoms. The topological polar surface area (TPSA) is 0 Å². The number of rotatable bonds is 9. The van der Waals surface area contributed by atoms with Gasteiger partial charge in [0.1, 0.15) is 17.2 Å². The van der Waals surface area contributed by atoms with Crippen LogP contribution in [-0.4, -0.2) is 0 Å². The lowest BCUT2D eigenvalue weighted by atomic mass is 9.68. The number of allylic oxidation sites excluding steroid dienone is 2. The molecule has 2 fully saturated rings. The Balaban J connectivity index is 1.36. The van der Waals surface area contributed by atoms with Crippen molar-refractivity contribution in [2.24, 2.45) is 23.7 Å². The van der Waals surface area contributed by atoms with E-state index >= 15 is 0 Å². The molecule has 0 unspecified atom stereocenters. The van der Waals surface area contributed by atoms with Crippen molar-refractivity contribution in [3.63, 3.8) is 0 Å². The van der Waals surface area contributed by atoms with Gasteiger partial charge in [0.25, 0.3) is 0 Å². The summed E-state index contributed by atoms with van der Waals surface area (Å²) in [6.45, 7) is 2.08. The Kier molecular flexibility index (Phi) is 9.81. The third kappa shape index (κ3) is 7.82. The van der Waals surface area contributed by atoms with E-state index in [4.69, 9.17) is 0 Å². The molecule has 0 aromatic heterocycles. The second kappa shape index (κ2) is 12.4. The summed E-state index contributed by atoms with van der Waals surface area (Å²) in [6, 6.07) is 1.72. The van der Waals surface area contributed by atoms with E-state index in [1.54, 1.807) is 0 Å². The minimum absolute atomic E-state index is 0.323. The van der Waals surface area contributed by atoms with Crippen molar-refractivity contribution in [1.29, 1.82) is 0 Å². The van der Waals surface area contributed by atoms with Gasteiger partial charge in [0.05, 0.1) is 0 Å². The van der Waals surface area contributed by atoms with E-state index in [-0.39, 0.29) is 0 Å². The van der Waals surface area contributed by atoms with E-state index in [9.17, 15) is 22.0 Å². The molecule has 2 saturated carbocycles. The molecule has 0 radical (unpaired) electrons. The zero-order valence-corrected chi connectivity index (χ0v) is 19.9. The summed E-state index contributed by atoms with van der Waals surface area (Å²) in [7, 11) is 0. The number of hydrogen-bond donors (Lipinski definition) is 0. The van der Waals surface area contributed by atoms with Gasteiger partial charge in [-0.3, -0.25) is 0 Å². The Bertz CT molecular complexity index is 727. The fourth-order valence-corrected chi connectivity index (χ4v) is 6.17. The van der Waals surface area contributed by atoms with E-state index < -0.39 is 23.4 Å². The van der Waals surface area contributed by atoms with Gasteiger partial charge < -0.3 is 0 Å². The fourth-order valence-electron chi connectivity index (χ4n) is 6.17. The van der Waals surface area contributed by atoms with Crippen LogP contribution in [-0.2, 0) is 12.6 Å². The number of benzene rings is 1. The van der Waals surface area contributed by atoms with Crippen LogP contribution in [0.5, 0.6) is 0 Å². The molecular weight excluding hydrogens is 431 g/mol. The summed E-state index contributed by atoms with van der Waals surface area (Å²) in [6.07, 6.45) is 16.0. The second-order valence-electron chi connectivity index (χ2n) is 10.4. The van der Waals surface area contributed by atoms with Crippen molar-refractivity contribution in [3.8, 4) is 0 Å². The van der Waals surface area contributed by atoms with Crippen LogP contribution in [0, 0.1) is 35.3 Å². The van der Waals surface area contributed by atoms with E-state index in [0.29, 0.717) is 17.9 Å². The first-order valence-corrected chi connectivity index (χ1v) is 12.9. The first-order chi connectivity index (χ1) is 15.8. The summed E-state index contributed by atoms with van der Waals surface area (Å²) in [5.74, 6) is 0.0567. The molecule has 186 valence electrons. The van der Waals surface area contributed by atoms with E-state index in [1.165, 1.54) is 64.2 Å². The third-order valence-corrected chi connectivity index (χ3v) is 8.14. The first kappa shape index (κ1) is 26.2. The summed E-state index contributed by atoms with van der Waals surface area (Å²) in [5, 5.41) is 0. The van der Waals surface area contributed by atoms with Crippen LogP contribution in [0.1, 0.15) is 102 Å². The summed E-state index contributed by atoms with van der Waals surface area (Å²) >= 11 is 0. The molecule has 1 aromatic carbocycles. The summed E-state index contributed by atoms with van der Waals surface area (Å²) < 4.78 is 65.9. The van der Waals surface area contributed by atoms with E-state index in [0.717, 1.165) is 49.1 Å². The predicted octanol–water partition coefficient (Wildman–Crippen LogP) is 9.67. The van der Waals surface area contributed by atoms with E-state index in [2.05, 4.69) is 19.1 Å². The SMILES string of the molecule is C/C=C/CCCC[C@H]1CC[C@H]([C@H]2CC[C@H](CCc3cc(F)c(C(F)(F)F)c(F)c3)CC2)CC1. The molecule has 3 rings (SSSR count). The van der Waals surface area contributed by atoms with Crippen LogP contribution in [0.4, 0.5) is 22.0 Å². The number of hydrogen-bond acceptors (Lipinski definition) is 0. The number of halogens is 5. The van der Waals surface area contributed by atoms with Crippen molar-refractivity contribution >= 4 is 0 Å². The smallest absolute Gasteiger partial charge is 0.206 e. The average Bonchev–Trinajstić information content (AvgIpc) is 2.77. The second-order valence-corrected chi connectivity index (χ2v) is 10.4. The van der Waals surface area contributed by atoms with Gasteiger partial charge in [-0.1, -0.05) is 50.7 Å². The molecule has 33 heavy (non-hydrogen) atoms. The number of unbranched alkanes of at least 4 members (excludes halogenated alkanes) is 2. The molecular formula is C28H39F5. The highest BCUT2D eigenvalue weighted by Gasteiger charge is 2.38. The zero-order valence-electron chi connectivity index (χ0n) is 19.9. The fraction of sp³-hybridized carbons (Fsp3) is 0.714. The summed E-state index contributed by atoms with van der Waals surface area (Å²) in [5.41, 5.74) is -1.46. The zero-order chi connectivity index (χ0) is 23.8. The molecule has 0 heterocycles. The van der Waals surface area contributed by atoms with Gasteiger partial charge >= 0.3 is 6.18 Å². The molecule has 1 aromatic rings. The molecule has 0 spiro atoms. The first-order valence-electron chi connectivity index (χ1n) is 12.9. The Labute approximate surface area is 196 Å². The normalized spacial score (nSPS) is 26.7. The maximum Gasteiger partial charge on any atom is 0.422 e.